The quantitative estimate of drug-likeness (QED) is 0.152. The lowest BCUT2D eigenvalue weighted by Gasteiger charge is -2.27. The summed E-state index contributed by atoms with van der Waals surface area (Å²) in [6.07, 6.45) is 1.80. The molecular weight excluding hydrogens is 651 g/mol. The lowest BCUT2D eigenvalue weighted by molar-refractivity contribution is 0.445. The largest absolute Gasteiger partial charge is 0.457 e. The lowest BCUT2D eigenvalue weighted by atomic mass is 9.85. The minimum absolute atomic E-state index is 0.00268. The molecule has 1 aromatic heterocycles. The Balaban J connectivity index is 1.27. The molecular formula is C48H57N3O2. The fraction of sp³-hybridized carbons (Fsp3) is 0.354. The summed E-state index contributed by atoms with van der Waals surface area (Å²) in [5.41, 5.74) is 12.5. The highest BCUT2D eigenvalue weighted by molar-refractivity contribution is 5.75. The molecule has 0 bridgehead atoms. The fourth-order valence-corrected chi connectivity index (χ4v) is 7.01. The Morgan fingerprint density at radius 2 is 1.13 bits per heavy atom. The maximum atomic E-state index is 6.60. The molecule has 5 aromatic rings. The summed E-state index contributed by atoms with van der Waals surface area (Å²) >= 11 is 0. The fourth-order valence-electron chi connectivity index (χ4n) is 7.01. The highest BCUT2D eigenvalue weighted by Gasteiger charge is 2.28. The van der Waals surface area contributed by atoms with Crippen LogP contribution in [-0.2, 0) is 10.8 Å². The molecule has 2 heterocycles. The predicted octanol–water partition coefficient (Wildman–Crippen LogP) is 13.7. The molecule has 0 unspecified atom stereocenters. The molecule has 0 saturated carbocycles. The van der Waals surface area contributed by atoms with Gasteiger partial charge in [-0.1, -0.05) is 106 Å². The maximum Gasteiger partial charge on any atom is 0.219 e. The summed E-state index contributed by atoms with van der Waals surface area (Å²) in [5.74, 6) is 3.64. The topological polar surface area (TPSA) is 37.8 Å². The van der Waals surface area contributed by atoms with Crippen LogP contribution in [0.1, 0.15) is 117 Å². The number of hydrogen-bond donors (Lipinski definition) is 0. The van der Waals surface area contributed by atoms with Crippen LogP contribution < -0.4 is 19.3 Å². The molecule has 0 aliphatic carbocycles. The second-order valence-electron chi connectivity index (χ2n) is 17.1. The van der Waals surface area contributed by atoms with E-state index in [-0.39, 0.29) is 10.8 Å². The van der Waals surface area contributed by atoms with Crippen molar-refractivity contribution in [1.82, 2.24) is 4.98 Å². The van der Waals surface area contributed by atoms with E-state index in [0.717, 1.165) is 11.4 Å². The van der Waals surface area contributed by atoms with Crippen molar-refractivity contribution in [1.29, 1.82) is 0 Å². The molecule has 1 aliphatic heterocycles. The molecule has 0 atom stereocenters. The van der Waals surface area contributed by atoms with Gasteiger partial charge in [-0.3, -0.25) is 0 Å². The van der Waals surface area contributed by atoms with Gasteiger partial charge in [0.1, 0.15) is 17.2 Å². The number of pyridine rings is 1. The Morgan fingerprint density at radius 1 is 0.566 bits per heavy atom. The summed E-state index contributed by atoms with van der Waals surface area (Å²) in [6.45, 7) is 27.6. The van der Waals surface area contributed by atoms with E-state index < -0.39 is 0 Å². The molecule has 0 radical (unpaired) electrons. The normalized spacial score (nSPS) is 13.8. The smallest absolute Gasteiger partial charge is 0.219 e. The minimum Gasteiger partial charge on any atom is -0.457 e. The third-order valence-corrected chi connectivity index (χ3v) is 10.4. The molecule has 0 amide bonds. The highest BCUT2D eigenvalue weighted by Crippen LogP contribution is 2.41. The standard InChI is InChI=1S/C48H57N3O2/c1-31(2)43-17-14-18-44(32(3)4)46(43)35-19-21-38(22-20-35)50-30-51(34(6)33(50)5)39-25-37(48(10,11)12)26-42(28-39)52-40-15-13-16-41(29-40)53-45-27-36(23-24-49-45)47(7,8)9/h13-29,31-32H,30H2,1-12H3. The predicted molar refractivity (Wildman–Crippen MR) is 223 cm³/mol. The van der Waals surface area contributed by atoms with Crippen LogP contribution in [0, 0.1) is 0 Å². The summed E-state index contributed by atoms with van der Waals surface area (Å²) in [5, 5.41) is 0. The van der Waals surface area contributed by atoms with E-state index >= 15 is 0 Å². The first-order valence-electron chi connectivity index (χ1n) is 19.0. The average molecular weight is 708 g/mol. The molecule has 53 heavy (non-hydrogen) atoms. The third-order valence-electron chi connectivity index (χ3n) is 10.4. The first-order chi connectivity index (χ1) is 25.0. The van der Waals surface area contributed by atoms with Crippen LogP contribution in [0.3, 0.4) is 0 Å². The first-order valence-corrected chi connectivity index (χ1v) is 19.0. The van der Waals surface area contributed by atoms with Gasteiger partial charge in [-0.2, -0.15) is 0 Å². The zero-order valence-electron chi connectivity index (χ0n) is 33.8. The molecule has 276 valence electrons. The minimum atomic E-state index is -0.0775. The van der Waals surface area contributed by atoms with Crippen molar-refractivity contribution >= 4 is 11.4 Å². The summed E-state index contributed by atoms with van der Waals surface area (Å²) < 4.78 is 12.8. The molecule has 0 fully saturated rings. The van der Waals surface area contributed by atoms with Crippen molar-refractivity contribution in [3.63, 3.8) is 0 Å². The SMILES string of the molecule is CC1=C(C)N(c2cc(Oc3cccc(Oc4cc(C(C)(C)C)ccn4)c3)cc(C(C)(C)C)c2)CN1c1ccc(-c2c(C(C)C)cccc2C(C)C)cc1. The van der Waals surface area contributed by atoms with E-state index in [4.69, 9.17) is 9.47 Å². The summed E-state index contributed by atoms with van der Waals surface area (Å²) in [4.78, 5) is 9.26. The van der Waals surface area contributed by atoms with Crippen molar-refractivity contribution in [2.24, 2.45) is 0 Å². The van der Waals surface area contributed by atoms with E-state index in [1.165, 1.54) is 50.5 Å². The van der Waals surface area contributed by atoms with Gasteiger partial charge in [0.25, 0.3) is 0 Å². The average Bonchev–Trinajstić information content (AvgIpc) is 3.40. The van der Waals surface area contributed by atoms with Gasteiger partial charge in [-0.25, -0.2) is 4.98 Å². The van der Waals surface area contributed by atoms with E-state index in [9.17, 15) is 0 Å². The molecule has 0 N–H and O–H groups in total. The van der Waals surface area contributed by atoms with Gasteiger partial charge in [-0.05, 0) is 112 Å². The maximum absolute atomic E-state index is 6.60. The van der Waals surface area contributed by atoms with E-state index in [0.29, 0.717) is 35.9 Å². The Morgan fingerprint density at radius 3 is 1.72 bits per heavy atom. The number of benzene rings is 4. The number of nitrogens with zero attached hydrogens (tertiary/aromatic N) is 3. The summed E-state index contributed by atoms with van der Waals surface area (Å²) in [6, 6.07) is 34.4. The van der Waals surface area contributed by atoms with Gasteiger partial charge in [0.2, 0.25) is 5.88 Å². The molecule has 0 spiro atoms. The van der Waals surface area contributed by atoms with Crippen LogP contribution in [-0.4, -0.2) is 11.7 Å². The van der Waals surface area contributed by atoms with Crippen LogP contribution in [0.25, 0.3) is 11.1 Å². The van der Waals surface area contributed by atoms with Gasteiger partial charge in [-0.15, -0.1) is 0 Å². The Hall–Kier alpha value is -5.03. The van der Waals surface area contributed by atoms with Crippen molar-refractivity contribution in [3.05, 3.63) is 137 Å². The highest BCUT2D eigenvalue weighted by atomic mass is 16.5. The molecule has 6 rings (SSSR count). The van der Waals surface area contributed by atoms with Crippen molar-refractivity contribution in [2.45, 2.75) is 106 Å². The second kappa shape index (κ2) is 14.8. The Bertz CT molecular complexity index is 2090. The molecule has 4 aromatic carbocycles. The molecule has 0 saturated heterocycles. The number of rotatable bonds is 9. The van der Waals surface area contributed by atoms with Gasteiger partial charge < -0.3 is 19.3 Å². The van der Waals surface area contributed by atoms with Crippen molar-refractivity contribution in [3.8, 4) is 34.3 Å². The molecule has 5 heteroatoms. The Labute approximate surface area is 318 Å². The second-order valence-corrected chi connectivity index (χ2v) is 17.1. The van der Waals surface area contributed by atoms with E-state index in [2.05, 4.69) is 159 Å². The monoisotopic (exact) mass is 707 g/mol. The van der Waals surface area contributed by atoms with Crippen molar-refractivity contribution in [2.75, 3.05) is 16.5 Å². The zero-order chi connectivity index (χ0) is 38.2. The van der Waals surface area contributed by atoms with Gasteiger partial charge >= 0.3 is 0 Å². The third kappa shape index (κ3) is 8.30. The summed E-state index contributed by atoms with van der Waals surface area (Å²) in [7, 11) is 0. The van der Waals surface area contributed by atoms with Crippen LogP contribution in [0.2, 0.25) is 0 Å². The van der Waals surface area contributed by atoms with Crippen LogP contribution >= 0.6 is 0 Å². The van der Waals surface area contributed by atoms with Crippen LogP contribution in [0.4, 0.5) is 11.4 Å². The number of ether oxygens (including phenoxy) is 2. The van der Waals surface area contributed by atoms with Crippen LogP contribution in [0.15, 0.2) is 115 Å². The van der Waals surface area contributed by atoms with E-state index in [1.54, 1.807) is 6.20 Å². The number of allylic oxidation sites excluding steroid dienone is 2. The van der Waals surface area contributed by atoms with Gasteiger partial charge in [0.05, 0.1) is 6.67 Å². The lowest BCUT2D eigenvalue weighted by Crippen LogP contribution is -2.27. The zero-order valence-corrected chi connectivity index (χ0v) is 33.8. The number of aromatic nitrogens is 1. The van der Waals surface area contributed by atoms with Crippen LogP contribution in [0.5, 0.6) is 23.1 Å². The van der Waals surface area contributed by atoms with E-state index in [1.807, 2.05) is 36.4 Å². The van der Waals surface area contributed by atoms with Gasteiger partial charge in [0, 0.05) is 47.2 Å². The first kappa shape index (κ1) is 37.7. The van der Waals surface area contributed by atoms with Crippen molar-refractivity contribution < 1.29 is 9.47 Å². The number of anilines is 2. The van der Waals surface area contributed by atoms with Gasteiger partial charge in [0.15, 0.2) is 0 Å². The Kier molecular flexibility index (Phi) is 10.5. The molecule has 1 aliphatic rings. The molecule has 5 nitrogen and oxygen atoms in total. The number of hydrogen-bond acceptors (Lipinski definition) is 5.